The van der Waals surface area contributed by atoms with Crippen molar-refractivity contribution in [3.63, 3.8) is 0 Å². The molecule has 4 aromatic rings. The van der Waals surface area contributed by atoms with Gasteiger partial charge in [0.2, 0.25) is 0 Å². The third-order valence-electron chi connectivity index (χ3n) is 8.70. The van der Waals surface area contributed by atoms with Crippen molar-refractivity contribution in [3.8, 4) is 11.4 Å². The molecule has 234 valence electrons. The number of nitrogens with zero attached hydrogens (tertiary/aromatic N) is 8. The standard InChI is InChI=1S/C32H42N8O4/c1-5-25(4)40-31(41)38(23-35-40)28-8-6-26(7-9-28)36-16-18-37(19-17-36)27-10-12-29(13-11-27)42-20-30-21-43-32(44-30,24(2)3)22-39-33-14-15-34-39/h6-15,23-25,30H,5,16-22H2,1-4H3/t25?,30-,32-/m1/s1. The number of rotatable bonds is 11. The van der Waals surface area contributed by atoms with Gasteiger partial charge < -0.3 is 24.0 Å². The first-order valence-corrected chi connectivity index (χ1v) is 15.5. The molecular formula is C32H42N8O4. The van der Waals surface area contributed by atoms with E-state index in [1.54, 1.807) is 32.8 Å². The Morgan fingerprint density at radius 1 is 0.886 bits per heavy atom. The Labute approximate surface area is 257 Å². The number of hydrogen-bond donors (Lipinski definition) is 0. The summed E-state index contributed by atoms with van der Waals surface area (Å²) in [4.78, 5) is 19.1. The van der Waals surface area contributed by atoms with Gasteiger partial charge in [0.25, 0.3) is 0 Å². The molecule has 0 N–H and O–H groups in total. The largest absolute Gasteiger partial charge is 0.491 e. The fraction of sp³-hybridized carbons (Fsp3) is 0.500. The van der Waals surface area contributed by atoms with Crippen LogP contribution < -0.4 is 20.2 Å². The number of ether oxygens (including phenoxy) is 3. The zero-order valence-corrected chi connectivity index (χ0v) is 26.0. The minimum Gasteiger partial charge on any atom is -0.491 e. The van der Waals surface area contributed by atoms with Crippen molar-refractivity contribution < 1.29 is 14.2 Å². The number of benzene rings is 2. The Morgan fingerprint density at radius 3 is 2.07 bits per heavy atom. The molecule has 44 heavy (non-hydrogen) atoms. The third-order valence-corrected chi connectivity index (χ3v) is 8.70. The highest BCUT2D eigenvalue weighted by atomic mass is 16.8. The molecule has 2 aliphatic rings. The van der Waals surface area contributed by atoms with Gasteiger partial charge >= 0.3 is 5.69 Å². The molecule has 3 atom stereocenters. The second-order valence-electron chi connectivity index (χ2n) is 11.9. The van der Waals surface area contributed by atoms with E-state index in [4.69, 9.17) is 14.2 Å². The van der Waals surface area contributed by atoms with Crippen LogP contribution in [0, 0.1) is 5.92 Å². The van der Waals surface area contributed by atoms with E-state index in [0.29, 0.717) is 19.8 Å². The topological polar surface area (TPSA) is 105 Å². The van der Waals surface area contributed by atoms with Crippen LogP contribution in [0.1, 0.15) is 40.2 Å². The summed E-state index contributed by atoms with van der Waals surface area (Å²) in [6.45, 7) is 13.2. The van der Waals surface area contributed by atoms with E-state index in [1.165, 1.54) is 5.69 Å². The Morgan fingerprint density at radius 2 is 1.48 bits per heavy atom. The van der Waals surface area contributed by atoms with Crippen LogP contribution in [0.2, 0.25) is 0 Å². The minimum absolute atomic E-state index is 0.0762. The lowest BCUT2D eigenvalue weighted by Gasteiger charge is -2.37. The Hall–Kier alpha value is -4.16. The van der Waals surface area contributed by atoms with Gasteiger partial charge in [0.15, 0.2) is 5.79 Å². The second-order valence-corrected chi connectivity index (χ2v) is 11.9. The van der Waals surface area contributed by atoms with Crippen molar-refractivity contribution in [2.24, 2.45) is 5.92 Å². The highest BCUT2D eigenvalue weighted by molar-refractivity contribution is 5.54. The van der Waals surface area contributed by atoms with Gasteiger partial charge in [-0.1, -0.05) is 20.8 Å². The molecule has 0 saturated carbocycles. The molecule has 0 amide bonds. The van der Waals surface area contributed by atoms with Crippen LogP contribution in [0.3, 0.4) is 0 Å². The van der Waals surface area contributed by atoms with E-state index in [2.05, 4.69) is 70.1 Å². The summed E-state index contributed by atoms with van der Waals surface area (Å²) >= 11 is 0. The minimum atomic E-state index is -0.766. The summed E-state index contributed by atoms with van der Waals surface area (Å²) in [5.41, 5.74) is 3.05. The van der Waals surface area contributed by atoms with Gasteiger partial charge in [-0.3, -0.25) is 0 Å². The summed E-state index contributed by atoms with van der Waals surface area (Å²) in [5, 5.41) is 12.7. The first kappa shape index (κ1) is 29.9. The maximum atomic E-state index is 12.8. The van der Waals surface area contributed by atoms with Crippen LogP contribution in [0.4, 0.5) is 11.4 Å². The molecule has 6 rings (SSSR count). The third kappa shape index (κ3) is 6.22. The van der Waals surface area contributed by atoms with Crippen LogP contribution in [0.15, 0.2) is 72.0 Å². The molecule has 0 aliphatic carbocycles. The first-order valence-electron chi connectivity index (χ1n) is 15.5. The van der Waals surface area contributed by atoms with Crippen LogP contribution >= 0.6 is 0 Å². The first-order chi connectivity index (χ1) is 21.3. The number of hydrogen-bond acceptors (Lipinski definition) is 9. The van der Waals surface area contributed by atoms with Gasteiger partial charge in [0, 0.05) is 43.5 Å². The number of anilines is 2. The van der Waals surface area contributed by atoms with E-state index in [-0.39, 0.29) is 23.8 Å². The molecule has 2 saturated heterocycles. The van der Waals surface area contributed by atoms with Crippen molar-refractivity contribution in [1.29, 1.82) is 0 Å². The quantitative estimate of drug-likeness (QED) is 0.254. The van der Waals surface area contributed by atoms with E-state index in [9.17, 15) is 4.79 Å². The predicted molar refractivity (Wildman–Crippen MR) is 168 cm³/mol. The molecule has 4 heterocycles. The molecule has 2 aliphatic heterocycles. The fourth-order valence-electron chi connectivity index (χ4n) is 5.71. The van der Waals surface area contributed by atoms with Crippen LogP contribution in [-0.4, -0.2) is 80.6 Å². The molecule has 0 radical (unpaired) electrons. The number of aromatic nitrogens is 6. The van der Waals surface area contributed by atoms with E-state index in [0.717, 1.165) is 49.7 Å². The molecule has 2 aromatic carbocycles. The maximum absolute atomic E-state index is 12.8. The molecule has 2 aromatic heterocycles. The fourth-order valence-corrected chi connectivity index (χ4v) is 5.71. The Bertz CT molecular complexity index is 1540. The average molecular weight is 603 g/mol. The van der Waals surface area contributed by atoms with Crippen molar-refractivity contribution in [1.82, 2.24) is 29.3 Å². The summed E-state index contributed by atoms with van der Waals surface area (Å²) in [7, 11) is 0. The molecular weight excluding hydrogens is 560 g/mol. The SMILES string of the molecule is CCC(C)n1ncn(-c2ccc(N3CCN(c4ccc(OC[C@@H]5CO[C@@](Cn6nccn6)(C(C)C)O5)cc4)CC3)cc2)c1=O. The lowest BCUT2D eigenvalue weighted by molar-refractivity contribution is -0.211. The smallest absolute Gasteiger partial charge is 0.350 e. The number of piperazine rings is 1. The molecule has 12 nitrogen and oxygen atoms in total. The molecule has 0 spiro atoms. The average Bonchev–Trinajstić information content (AvgIpc) is 3.81. The maximum Gasteiger partial charge on any atom is 0.350 e. The Kier molecular flexibility index (Phi) is 8.72. The van der Waals surface area contributed by atoms with Gasteiger partial charge in [-0.15, -0.1) is 0 Å². The Balaban J connectivity index is 0.987. The molecule has 0 bridgehead atoms. The normalized spacial score (nSPS) is 21.2. The molecule has 1 unspecified atom stereocenters. The van der Waals surface area contributed by atoms with Crippen molar-refractivity contribution in [2.75, 3.05) is 49.2 Å². The van der Waals surface area contributed by atoms with Gasteiger partial charge in [-0.05, 0) is 61.9 Å². The van der Waals surface area contributed by atoms with E-state index < -0.39 is 5.79 Å². The van der Waals surface area contributed by atoms with Crippen LogP contribution in [0.25, 0.3) is 5.69 Å². The molecule has 2 fully saturated rings. The predicted octanol–water partition coefficient (Wildman–Crippen LogP) is 3.77. The summed E-state index contributed by atoms with van der Waals surface area (Å²) in [6, 6.07) is 16.5. The van der Waals surface area contributed by atoms with Crippen molar-refractivity contribution in [2.45, 2.75) is 58.6 Å². The summed E-state index contributed by atoms with van der Waals surface area (Å²) in [6.07, 6.45) is 5.61. The van der Waals surface area contributed by atoms with Gasteiger partial charge in [-0.2, -0.15) is 20.1 Å². The van der Waals surface area contributed by atoms with Crippen LogP contribution in [-0.2, 0) is 16.0 Å². The zero-order chi connectivity index (χ0) is 30.7. The molecule has 12 heteroatoms. The van der Waals surface area contributed by atoms with Gasteiger partial charge in [0.1, 0.15) is 31.3 Å². The zero-order valence-electron chi connectivity index (χ0n) is 26.0. The summed E-state index contributed by atoms with van der Waals surface area (Å²) < 4.78 is 21.7. The van der Waals surface area contributed by atoms with Gasteiger partial charge in [-0.25, -0.2) is 14.0 Å². The lowest BCUT2D eigenvalue weighted by Crippen LogP contribution is -2.46. The monoisotopic (exact) mass is 602 g/mol. The van der Waals surface area contributed by atoms with E-state index in [1.807, 2.05) is 31.2 Å². The van der Waals surface area contributed by atoms with Gasteiger partial charge in [0.05, 0.1) is 30.7 Å². The highest BCUT2D eigenvalue weighted by Crippen LogP contribution is 2.33. The van der Waals surface area contributed by atoms with Crippen LogP contribution in [0.5, 0.6) is 5.75 Å². The second kappa shape index (κ2) is 12.8. The lowest BCUT2D eigenvalue weighted by atomic mass is 10.0. The van der Waals surface area contributed by atoms with E-state index >= 15 is 0 Å². The van der Waals surface area contributed by atoms with Crippen molar-refractivity contribution >= 4 is 11.4 Å². The summed E-state index contributed by atoms with van der Waals surface area (Å²) in [5.74, 6) is 0.174. The van der Waals surface area contributed by atoms with Crippen molar-refractivity contribution in [3.05, 3.63) is 77.7 Å². The highest BCUT2D eigenvalue weighted by Gasteiger charge is 2.45.